The Bertz CT molecular complexity index is 748. The zero-order chi connectivity index (χ0) is 17.0. The molecule has 2 aromatic rings. The molecule has 0 aromatic heterocycles. The maximum absolute atomic E-state index is 12.9. The Morgan fingerprint density at radius 2 is 1.54 bits per heavy atom. The van der Waals surface area contributed by atoms with E-state index in [-0.39, 0.29) is 6.04 Å². The third-order valence-corrected chi connectivity index (χ3v) is 6.35. The molecule has 128 valence electrons. The summed E-state index contributed by atoms with van der Waals surface area (Å²) in [5.74, 6) is 0.362. The average Bonchev–Trinajstić information content (AvgIpc) is 2.62. The number of aryl methyl sites for hydroxylation is 1. The third kappa shape index (κ3) is 4.05. The Kier molecular flexibility index (Phi) is 5.36. The van der Waals surface area contributed by atoms with Crippen molar-refractivity contribution in [2.75, 3.05) is 0 Å². The molecule has 0 spiro atoms. The first-order chi connectivity index (χ1) is 11.6. The number of hydrogen-bond donors (Lipinski definition) is 1. The number of benzene rings is 2. The summed E-state index contributed by atoms with van der Waals surface area (Å²) in [5.41, 5.74) is 2.11. The van der Waals surface area contributed by atoms with Gasteiger partial charge in [0.2, 0.25) is 10.0 Å². The molecule has 0 saturated heterocycles. The minimum Gasteiger partial charge on any atom is -0.207 e. The minimum absolute atomic E-state index is 0.155. The lowest BCUT2D eigenvalue weighted by Crippen LogP contribution is -2.34. The number of sulfonamides is 1. The highest BCUT2D eigenvalue weighted by Crippen LogP contribution is 2.35. The predicted molar refractivity (Wildman–Crippen MR) is 97.3 cm³/mol. The van der Waals surface area contributed by atoms with Crippen LogP contribution in [-0.4, -0.2) is 8.42 Å². The first-order valence-corrected chi connectivity index (χ1v) is 10.2. The zero-order valence-corrected chi connectivity index (χ0v) is 14.9. The molecule has 4 heteroatoms. The normalized spacial score (nSPS) is 17.5. The lowest BCUT2D eigenvalue weighted by atomic mass is 9.81. The Morgan fingerprint density at radius 3 is 2.17 bits per heavy atom. The molecule has 0 unspecified atom stereocenters. The van der Waals surface area contributed by atoms with Crippen LogP contribution in [0, 0.1) is 12.8 Å². The standard InChI is InChI=1S/C20H25NO2S/c1-16-12-14-19(15-13-16)24(22,23)21-20(17-8-4-2-5-9-17)18-10-6-3-7-11-18/h2,4-5,8-9,12-15,18,20-21H,3,6-7,10-11H2,1H3/t20-/m0/s1. The van der Waals surface area contributed by atoms with Gasteiger partial charge in [-0.15, -0.1) is 0 Å². The van der Waals surface area contributed by atoms with Crippen LogP contribution in [0.4, 0.5) is 0 Å². The summed E-state index contributed by atoms with van der Waals surface area (Å²) in [5, 5.41) is 0. The quantitative estimate of drug-likeness (QED) is 0.863. The average molecular weight is 343 g/mol. The van der Waals surface area contributed by atoms with Crippen molar-refractivity contribution < 1.29 is 8.42 Å². The van der Waals surface area contributed by atoms with E-state index in [1.807, 2.05) is 49.4 Å². The van der Waals surface area contributed by atoms with Crippen molar-refractivity contribution >= 4 is 10.0 Å². The van der Waals surface area contributed by atoms with Crippen LogP contribution in [0.5, 0.6) is 0 Å². The molecule has 1 atom stereocenters. The molecule has 0 bridgehead atoms. The predicted octanol–water partition coefficient (Wildman–Crippen LogP) is 4.59. The molecule has 0 radical (unpaired) electrons. The van der Waals surface area contributed by atoms with Crippen molar-refractivity contribution in [3.8, 4) is 0 Å². The number of rotatable bonds is 5. The molecule has 1 fully saturated rings. The van der Waals surface area contributed by atoms with Crippen LogP contribution in [0.3, 0.4) is 0 Å². The molecule has 1 N–H and O–H groups in total. The minimum atomic E-state index is -3.52. The second-order valence-corrected chi connectivity index (χ2v) is 8.43. The summed E-state index contributed by atoms with van der Waals surface area (Å²) < 4.78 is 28.7. The second kappa shape index (κ2) is 7.49. The molecule has 0 aliphatic heterocycles. The number of hydrogen-bond acceptors (Lipinski definition) is 2. The Hall–Kier alpha value is -1.65. The van der Waals surface area contributed by atoms with Gasteiger partial charge in [0.1, 0.15) is 0 Å². The van der Waals surface area contributed by atoms with Gasteiger partial charge in [0.15, 0.2) is 0 Å². The van der Waals surface area contributed by atoms with Gasteiger partial charge >= 0.3 is 0 Å². The molecular formula is C20H25NO2S. The summed E-state index contributed by atoms with van der Waals surface area (Å²) in [6.45, 7) is 1.96. The molecule has 0 heterocycles. The van der Waals surface area contributed by atoms with Crippen LogP contribution in [0.25, 0.3) is 0 Å². The molecule has 1 aliphatic rings. The van der Waals surface area contributed by atoms with Crippen molar-refractivity contribution in [2.24, 2.45) is 5.92 Å². The molecule has 1 saturated carbocycles. The second-order valence-electron chi connectivity index (χ2n) is 6.72. The topological polar surface area (TPSA) is 46.2 Å². The van der Waals surface area contributed by atoms with E-state index in [1.165, 1.54) is 19.3 Å². The summed E-state index contributed by atoms with van der Waals surface area (Å²) in [6.07, 6.45) is 5.77. The first-order valence-electron chi connectivity index (χ1n) is 8.70. The highest BCUT2D eigenvalue weighted by Gasteiger charge is 2.29. The molecular weight excluding hydrogens is 318 g/mol. The van der Waals surface area contributed by atoms with Gasteiger partial charge in [-0.1, -0.05) is 67.3 Å². The van der Waals surface area contributed by atoms with Crippen molar-refractivity contribution in [3.63, 3.8) is 0 Å². The fourth-order valence-corrected chi connectivity index (χ4v) is 4.81. The largest absolute Gasteiger partial charge is 0.241 e. The fourth-order valence-electron chi connectivity index (χ4n) is 3.52. The van der Waals surface area contributed by atoms with Crippen molar-refractivity contribution in [1.29, 1.82) is 0 Å². The Morgan fingerprint density at radius 1 is 0.917 bits per heavy atom. The first kappa shape index (κ1) is 17.2. The van der Waals surface area contributed by atoms with Crippen LogP contribution in [0.1, 0.15) is 49.3 Å². The summed E-state index contributed by atoms with van der Waals surface area (Å²) in [7, 11) is -3.52. The van der Waals surface area contributed by atoms with Gasteiger partial charge in [0.25, 0.3) is 0 Å². The van der Waals surface area contributed by atoms with Crippen LogP contribution >= 0.6 is 0 Å². The molecule has 2 aromatic carbocycles. The van der Waals surface area contributed by atoms with E-state index in [0.29, 0.717) is 10.8 Å². The van der Waals surface area contributed by atoms with Gasteiger partial charge in [0.05, 0.1) is 4.90 Å². The van der Waals surface area contributed by atoms with Crippen molar-refractivity contribution in [2.45, 2.75) is 50.0 Å². The van der Waals surface area contributed by atoms with Gasteiger partial charge in [-0.25, -0.2) is 13.1 Å². The van der Waals surface area contributed by atoms with Crippen LogP contribution in [-0.2, 0) is 10.0 Å². The van der Waals surface area contributed by atoms with Crippen LogP contribution < -0.4 is 4.72 Å². The van der Waals surface area contributed by atoms with E-state index in [1.54, 1.807) is 12.1 Å². The van der Waals surface area contributed by atoms with Crippen LogP contribution in [0.15, 0.2) is 59.5 Å². The van der Waals surface area contributed by atoms with E-state index in [9.17, 15) is 8.42 Å². The monoisotopic (exact) mass is 343 g/mol. The van der Waals surface area contributed by atoms with Gasteiger partial charge in [-0.3, -0.25) is 0 Å². The molecule has 1 aliphatic carbocycles. The van der Waals surface area contributed by atoms with E-state index in [2.05, 4.69) is 4.72 Å². The summed E-state index contributed by atoms with van der Waals surface area (Å²) in [6, 6.07) is 16.9. The smallest absolute Gasteiger partial charge is 0.207 e. The number of nitrogens with one attached hydrogen (secondary N) is 1. The summed E-state index contributed by atoms with van der Waals surface area (Å²) >= 11 is 0. The van der Waals surface area contributed by atoms with Crippen LogP contribution in [0.2, 0.25) is 0 Å². The Labute approximate surface area is 145 Å². The highest BCUT2D eigenvalue weighted by atomic mass is 32.2. The maximum atomic E-state index is 12.9. The van der Waals surface area contributed by atoms with Crippen molar-refractivity contribution in [3.05, 3.63) is 65.7 Å². The maximum Gasteiger partial charge on any atom is 0.241 e. The lowest BCUT2D eigenvalue weighted by Gasteiger charge is -2.31. The SMILES string of the molecule is Cc1ccc(S(=O)(=O)N[C@@H](c2ccccc2)C2CCCCC2)cc1. The Balaban J connectivity index is 1.89. The third-order valence-electron chi connectivity index (χ3n) is 4.89. The van der Waals surface area contributed by atoms with E-state index >= 15 is 0 Å². The van der Waals surface area contributed by atoms with Gasteiger partial charge in [-0.05, 0) is 43.4 Å². The van der Waals surface area contributed by atoms with Crippen molar-refractivity contribution in [1.82, 2.24) is 4.72 Å². The zero-order valence-electron chi connectivity index (χ0n) is 14.1. The summed E-state index contributed by atoms with van der Waals surface area (Å²) in [4.78, 5) is 0.338. The van der Waals surface area contributed by atoms with E-state index in [4.69, 9.17) is 0 Å². The molecule has 24 heavy (non-hydrogen) atoms. The fraction of sp³-hybridized carbons (Fsp3) is 0.400. The highest BCUT2D eigenvalue weighted by molar-refractivity contribution is 7.89. The molecule has 3 nitrogen and oxygen atoms in total. The molecule has 3 rings (SSSR count). The van der Waals surface area contributed by atoms with E-state index in [0.717, 1.165) is 24.0 Å². The van der Waals surface area contributed by atoms with Gasteiger partial charge in [0, 0.05) is 6.04 Å². The molecule has 0 amide bonds. The van der Waals surface area contributed by atoms with E-state index < -0.39 is 10.0 Å². The lowest BCUT2D eigenvalue weighted by molar-refractivity contribution is 0.294. The van der Waals surface area contributed by atoms with Gasteiger partial charge < -0.3 is 0 Å². The van der Waals surface area contributed by atoms with Gasteiger partial charge in [-0.2, -0.15) is 0 Å².